The SMILES string of the molecule is CC(C)([SiH2]C[Si](C)(C)C)[Si](C)(C)COC(=O)O. The molecule has 0 amide bonds. The maximum atomic E-state index is 10.5. The van der Waals surface area contributed by atoms with Gasteiger partial charge in [-0.1, -0.05) is 52.2 Å². The lowest BCUT2D eigenvalue weighted by molar-refractivity contribution is 0.105. The Hall–Kier alpha value is -0.0794. The first-order chi connectivity index (χ1) is 7.37. The molecule has 1 N–H and O–H groups in total. The highest BCUT2D eigenvalue weighted by molar-refractivity contribution is 6.92. The lowest BCUT2D eigenvalue weighted by atomic mass is 10.5. The van der Waals surface area contributed by atoms with Crippen molar-refractivity contribution >= 4 is 31.8 Å². The van der Waals surface area contributed by atoms with Gasteiger partial charge < -0.3 is 9.84 Å². The number of ether oxygens (including phenoxy) is 1. The van der Waals surface area contributed by atoms with E-state index in [4.69, 9.17) is 9.84 Å². The molecule has 17 heavy (non-hydrogen) atoms. The van der Waals surface area contributed by atoms with Crippen LogP contribution in [0.15, 0.2) is 0 Å². The molecular weight excluding hydrogens is 264 g/mol. The Labute approximate surface area is 110 Å². The molecular formula is C11H28O3Si3. The highest BCUT2D eigenvalue weighted by Gasteiger charge is 2.40. The highest BCUT2D eigenvalue weighted by atomic mass is 28.4. The van der Waals surface area contributed by atoms with Gasteiger partial charge in [-0.3, -0.25) is 0 Å². The summed E-state index contributed by atoms with van der Waals surface area (Å²) in [6, 6.07) is 0. The predicted molar refractivity (Wildman–Crippen MR) is 82.2 cm³/mol. The third-order valence-corrected chi connectivity index (χ3v) is 20.3. The van der Waals surface area contributed by atoms with E-state index in [1.165, 1.54) is 5.67 Å². The van der Waals surface area contributed by atoms with Crippen LogP contribution >= 0.6 is 0 Å². The van der Waals surface area contributed by atoms with E-state index < -0.39 is 22.3 Å². The molecule has 3 nitrogen and oxygen atoms in total. The molecule has 0 aliphatic heterocycles. The molecule has 0 saturated carbocycles. The highest BCUT2D eigenvalue weighted by Crippen LogP contribution is 2.37. The number of carbonyl (C=O) groups is 1. The number of carboxylic acid groups (broad SMARTS) is 1. The number of rotatable bonds is 6. The Kier molecular flexibility index (Phi) is 5.68. The normalized spacial score (nSPS) is 14.3. The minimum atomic E-state index is -1.61. The largest absolute Gasteiger partial charge is 0.505 e. The minimum Gasteiger partial charge on any atom is -0.450 e. The summed E-state index contributed by atoms with van der Waals surface area (Å²) in [5.41, 5.74) is 1.43. The summed E-state index contributed by atoms with van der Waals surface area (Å²) in [6.45, 7) is 16.4. The monoisotopic (exact) mass is 292 g/mol. The Morgan fingerprint density at radius 1 is 1.24 bits per heavy atom. The fraction of sp³-hybridized carbons (Fsp3) is 0.909. The molecule has 0 aliphatic carbocycles. The maximum absolute atomic E-state index is 10.5. The Morgan fingerprint density at radius 2 is 1.71 bits per heavy atom. The van der Waals surface area contributed by atoms with Gasteiger partial charge in [0.15, 0.2) is 0 Å². The minimum absolute atomic E-state index is 0.163. The molecule has 0 atom stereocenters. The van der Waals surface area contributed by atoms with Crippen LogP contribution in [0.5, 0.6) is 0 Å². The summed E-state index contributed by atoms with van der Waals surface area (Å²) >= 11 is 0. The van der Waals surface area contributed by atoms with Crippen molar-refractivity contribution in [2.75, 3.05) is 6.23 Å². The van der Waals surface area contributed by atoms with Gasteiger partial charge in [-0.25, -0.2) is 4.79 Å². The van der Waals surface area contributed by atoms with Gasteiger partial charge in [0, 0.05) is 17.6 Å². The molecule has 0 bridgehead atoms. The van der Waals surface area contributed by atoms with Crippen LogP contribution < -0.4 is 0 Å². The van der Waals surface area contributed by atoms with Crippen LogP contribution in [0.1, 0.15) is 13.8 Å². The van der Waals surface area contributed by atoms with Crippen molar-refractivity contribution in [1.82, 2.24) is 0 Å². The zero-order chi connectivity index (χ0) is 13.9. The summed E-state index contributed by atoms with van der Waals surface area (Å²) in [7, 11) is -2.74. The van der Waals surface area contributed by atoms with Gasteiger partial charge in [-0.05, 0) is 4.66 Å². The van der Waals surface area contributed by atoms with Gasteiger partial charge >= 0.3 is 6.16 Å². The van der Waals surface area contributed by atoms with E-state index in [1.807, 2.05) is 0 Å². The molecule has 0 aliphatic rings. The summed E-state index contributed by atoms with van der Waals surface area (Å²) in [4.78, 5) is 10.5. The molecule has 0 saturated heterocycles. The van der Waals surface area contributed by atoms with Crippen molar-refractivity contribution in [3.8, 4) is 0 Å². The van der Waals surface area contributed by atoms with Gasteiger partial charge in [-0.15, -0.1) is 0 Å². The maximum Gasteiger partial charge on any atom is 0.505 e. The first-order valence-electron chi connectivity index (χ1n) is 6.23. The van der Waals surface area contributed by atoms with Crippen LogP contribution in [0, 0.1) is 0 Å². The number of hydrogen-bond acceptors (Lipinski definition) is 2. The zero-order valence-corrected chi connectivity index (χ0v) is 15.8. The van der Waals surface area contributed by atoms with Crippen LogP contribution in [0.3, 0.4) is 0 Å². The molecule has 0 unspecified atom stereocenters. The van der Waals surface area contributed by atoms with Gasteiger partial charge in [0.2, 0.25) is 0 Å². The fourth-order valence-electron chi connectivity index (χ4n) is 1.46. The van der Waals surface area contributed by atoms with Crippen molar-refractivity contribution in [3.05, 3.63) is 0 Å². The molecule has 102 valence electrons. The summed E-state index contributed by atoms with van der Waals surface area (Å²) < 4.78 is 5.20. The standard InChI is InChI=1S/C11H28O3Si3/c1-11(2,15-9-16(3,4)5)17(6,7)8-14-10(12)13/h8-9,15H2,1-7H3,(H,12,13). The Morgan fingerprint density at radius 3 is 2.06 bits per heavy atom. The molecule has 0 aromatic heterocycles. The van der Waals surface area contributed by atoms with Crippen molar-refractivity contribution in [3.63, 3.8) is 0 Å². The lowest BCUT2D eigenvalue weighted by Crippen LogP contribution is -2.48. The van der Waals surface area contributed by atoms with Crippen molar-refractivity contribution in [2.24, 2.45) is 0 Å². The van der Waals surface area contributed by atoms with E-state index in [0.29, 0.717) is 10.9 Å². The van der Waals surface area contributed by atoms with E-state index >= 15 is 0 Å². The quantitative estimate of drug-likeness (QED) is 0.604. The summed E-state index contributed by atoms with van der Waals surface area (Å²) in [5, 5.41) is 8.62. The molecule has 0 radical (unpaired) electrons. The molecule has 0 spiro atoms. The van der Waals surface area contributed by atoms with Crippen LogP contribution in [0.25, 0.3) is 0 Å². The van der Waals surface area contributed by atoms with Gasteiger partial charge in [0.1, 0.15) is 0 Å². The third-order valence-electron chi connectivity index (χ3n) is 3.89. The van der Waals surface area contributed by atoms with Gasteiger partial charge in [0.25, 0.3) is 0 Å². The zero-order valence-electron chi connectivity index (χ0n) is 12.4. The second-order valence-corrected chi connectivity index (χ2v) is 22.9. The average Bonchev–Trinajstić information content (AvgIpc) is 2.10. The van der Waals surface area contributed by atoms with Crippen molar-refractivity contribution < 1.29 is 14.6 Å². The van der Waals surface area contributed by atoms with E-state index in [2.05, 4.69) is 46.6 Å². The van der Waals surface area contributed by atoms with Crippen molar-refractivity contribution in [1.29, 1.82) is 0 Å². The second-order valence-electron chi connectivity index (χ2n) is 7.38. The van der Waals surface area contributed by atoms with Crippen molar-refractivity contribution in [2.45, 2.75) is 56.9 Å². The smallest absolute Gasteiger partial charge is 0.450 e. The average molecular weight is 293 g/mol. The first kappa shape index (κ1) is 16.9. The van der Waals surface area contributed by atoms with E-state index in [9.17, 15) is 4.79 Å². The van der Waals surface area contributed by atoms with Crippen LogP contribution in [-0.4, -0.2) is 43.2 Å². The molecule has 0 fully saturated rings. The summed E-state index contributed by atoms with van der Waals surface area (Å²) in [5.74, 6) is 0. The Bertz CT molecular complexity index is 270. The molecule has 0 rings (SSSR count). The van der Waals surface area contributed by atoms with Crippen LogP contribution in [-0.2, 0) is 4.74 Å². The lowest BCUT2D eigenvalue weighted by Gasteiger charge is -2.40. The van der Waals surface area contributed by atoms with Crippen LogP contribution in [0.2, 0.25) is 43.1 Å². The topological polar surface area (TPSA) is 46.5 Å². The fourth-order valence-corrected chi connectivity index (χ4v) is 12.0. The van der Waals surface area contributed by atoms with E-state index in [1.54, 1.807) is 0 Å². The molecule has 0 aromatic carbocycles. The van der Waals surface area contributed by atoms with Gasteiger partial charge in [0.05, 0.1) is 14.3 Å². The molecule has 6 heteroatoms. The third kappa shape index (κ3) is 6.42. The Balaban J connectivity index is 4.49. The molecule has 0 heterocycles. The number of hydrogen-bond donors (Lipinski definition) is 1. The van der Waals surface area contributed by atoms with Crippen LogP contribution in [0.4, 0.5) is 4.79 Å². The predicted octanol–water partition coefficient (Wildman–Crippen LogP) is 3.13. The van der Waals surface area contributed by atoms with E-state index in [0.717, 1.165) is 0 Å². The first-order valence-corrected chi connectivity index (χ1v) is 14.9. The second kappa shape index (κ2) is 5.71. The summed E-state index contributed by atoms with van der Waals surface area (Å²) in [6.07, 6.45) is -0.693. The molecule has 0 aromatic rings. The van der Waals surface area contributed by atoms with E-state index in [-0.39, 0.29) is 9.52 Å². The van der Waals surface area contributed by atoms with Gasteiger partial charge in [-0.2, -0.15) is 0 Å².